The Morgan fingerprint density at radius 3 is 0.643 bits per heavy atom. The maximum Gasteiger partial charge on any atom is 0.157 e. The Bertz CT molecular complexity index is 6550. The first-order valence-electron chi connectivity index (χ1n) is 38.6. The number of fused-ring (bicyclic) bond motifs is 6. The summed E-state index contributed by atoms with van der Waals surface area (Å²) in [7, 11) is 0. The van der Waals surface area contributed by atoms with Crippen molar-refractivity contribution in [3.63, 3.8) is 0 Å². The van der Waals surface area contributed by atoms with E-state index in [-0.39, 0.29) is 38.9 Å². The summed E-state index contributed by atoms with van der Waals surface area (Å²) in [5.41, 5.74) is -8.39. The van der Waals surface area contributed by atoms with Crippen LogP contribution in [0.4, 0.5) is 0 Å². The van der Waals surface area contributed by atoms with Crippen molar-refractivity contribution in [2.24, 2.45) is 0 Å². The van der Waals surface area contributed by atoms with Gasteiger partial charge in [0.05, 0.1) is 35.7 Å². The summed E-state index contributed by atoms with van der Waals surface area (Å²) < 4.78 is 39.9. The van der Waals surface area contributed by atoms with E-state index in [1.54, 1.807) is 0 Å². The molecule has 0 saturated carbocycles. The minimum absolute atomic E-state index is 0.00514. The Labute approximate surface area is 706 Å². The van der Waals surface area contributed by atoms with Gasteiger partial charge in [-0.05, 0) is 106 Å². The number of aromatic hydroxyl groups is 24. The molecule has 30 N–H and O–H groups in total. The fraction of sp³-hybridized carbons (Fsp3) is 0.200. The molecule has 0 aromatic heterocycles. The zero-order valence-electron chi connectivity index (χ0n) is 64.3. The molecule has 18 rings (SSSR count). The van der Waals surface area contributed by atoms with Gasteiger partial charge in [-0.15, -0.1) is 0 Å². The number of benzene rings is 12. The van der Waals surface area contributed by atoms with Crippen LogP contribution in [0.5, 0.6) is 172 Å². The average Bonchev–Trinajstić information content (AvgIpc) is 0.704. The van der Waals surface area contributed by atoms with Gasteiger partial charge in [0, 0.05) is 110 Å². The molecule has 0 bridgehead atoms. The summed E-state index contributed by atoms with van der Waals surface area (Å²) in [4.78, 5) is 0. The zero-order chi connectivity index (χ0) is 89.6. The number of hydrogen-bond donors (Lipinski definition) is 30. The SMILES string of the molecule is Oc1cc(O)c2c(c1)O[C@H](c1ccc(O)c(O)c1)[C@@H](O)[C@H]2c1c(O)cc(O)c2c1O[C@H](c1ccc(O)c(O)c1)[C@@H](O)[C@H]2c1c(O)cc(O)c2c1O[C@H](c1ccc(O)c(O)c1)[C@@H](O)[C@H]2c1c(O)cc(O)c2c1O[C@H](c1ccc(O)c(O)c1)[C@@H](O)[C@H]2c1c(O)cc(O)c2c1O[C@H](c1ccc(O)c(O)c1)[C@@H](O)[C@H]2c1c(O)cc(O)c2c1O[C@H](c1ccc(O)c(O)c1)[C@@H](O)C2. The van der Waals surface area contributed by atoms with E-state index in [0.29, 0.717) is 24.3 Å². The molecule has 6 aliphatic rings. The van der Waals surface area contributed by atoms with Crippen molar-refractivity contribution in [1.29, 1.82) is 0 Å². The predicted octanol–water partition coefficient (Wildman–Crippen LogP) is 8.79. The van der Waals surface area contributed by atoms with Crippen LogP contribution in [0.1, 0.15) is 161 Å². The number of ether oxygens (including phenoxy) is 6. The van der Waals surface area contributed by atoms with Crippen LogP contribution in [0.2, 0.25) is 0 Å². The third-order valence-corrected chi connectivity index (χ3v) is 24.3. The van der Waals surface area contributed by atoms with Gasteiger partial charge in [-0.3, -0.25) is 0 Å². The normalized spacial score (nSPS) is 24.3. The highest BCUT2D eigenvalue weighted by Gasteiger charge is 2.57. The maximum atomic E-state index is 13.7. The van der Waals surface area contributed by atoms with E-state index in [1.807, 2.05) is 0 Å². The fourth-order valence-electron chi connectivity index (χ4n) is 18.6. The fourth-order valence-corrected chi connectivity index (χ4v) is 18.6. The molecule has 6 aliphatic heterocycles. The van der Waals surface area contributed by atoms with Gasteiger partial charge >= 0.3 is 0 Å². The molecule has 0 aliphatic carbocycles. The van der Waals surface area contributed by atoms with Crippen LogP contribution >= 0.6 is 0 Å². The van der Waals surface area contributed by atoms with Crippen molar-refractivity contribution in [2.75, 3.05) is 0 Å². The molecule has 6 heterocycles. The van der Waals surface area contributed by atoms with E-state index in [1.165, 1.54) is 12.1 Å². The van der Waals surface area contributed by atoms with Crippen LogP contribution < -0.4 is 28.4 Å². The summed E-state index contributed by atoms with van der Waals surface area (Å²) in [6, 6.07) is 23.6. The summed E-state index contributed by atoms with van der Waals surface area (Å²) in [5, 5.41) is 360. The molecule has 12 aromatic carbocycles. The van der Waals surface area contributed by atoms with Crippen molar-refractivity contribution in [3.8, 4) is 172 Å². The highest BCUT2D eigenvalue weighted by molar-refractivity contribution is 5.77. The van der Waals surface area contributed by atoms with Gasteiger partial charge in [0.15, 0.2) is 99.5 Å². The van der Waals surface area contributed by atoms with Gasteiger partial charge in [0.25, 0.3) is 0 Å². The highest BCUT2D eigenvalue weighted by atomic mass is 16.5. The molecule has 36 heteroatoms. The summed E-state index contributed by atoms with van der Waals surface area (Å²) in [5.74, 6) is -35.9. The molecule has 17 atom stereocenters. The molecule has 12 aromatic rings. The Balaban J connectivity index is 0.896. The monoisotopic (exact) mass is 1730 g/mol. The minimum atomic E-state index is -2.44. The third-order valence-electron chi connectivity index (χ3n) is 24.3. The van der Waals surface area contributed by atoms with Gasteiger partial charge < -0.3 is 182 Å². The Hall–Kier alpha value is -15.6. The minimum Gasteiger partial charge on any atom is -0.508 e. The molecule has 650 valence electrons. The largest absolute Gasteiger partial charge is 0.508 e. The molecule has 126 heavy (non-hydrogen) atoms. The van der Waals surface area contributed by atoms with Gasteiger partial charge in [-0.1, -0.05) is 36.4 Å². The van der Waals surface area contributed by atoms with E-state index >= 15 is 0 Å². The Morgan fingerprint density at radius 2 is 0.389 bits per heavy atom. The molecule has 0 unspecified atom stereocenters. The number of phenols is 24. The standard InChI is InChI=1S/C90H74O36/c91-33-19-48(105)60-59(20-33)121-81(28-2-8-36(93)43(100)14-28)75(116)70(60)62-50(107)23-52(109)64-72(77(118)83(123-87(62)64)30-4-10-38(95)45(102)16-30)66-54(111)25-56(113)68-74(79(120)85(125-89(66)68)32-6-12-40(97)47(104)18-32)69-57(114)26-55(112)67-73(78(119)84(126-90(67)69)31-5-11-39(96)46(103)17-31)65-53(110)24-51(108)63-71(76(117)82(124-88(63)65)29-3-9-37(94)44(101)15-29)61-49(106)22-41(98)34-21-58(115)80(122-86(34)61)27-1-7-35(92)42(99)13-27/h1-20,22-26,58,70-85,91-120H,21H2/t58-,70+,71-,72+,73-,74+,75-,76-,77-,78-,79-,80+,81+,82+,83+,84+,85+/m0/s1. The van der Waals surface area contributed by atoms with Crippen LogP contribution in [-0.2, 0) is 6.42 Å². The van der Waals surface area contributed by atoms with Gasteiger partial charge in [-0.2, -0.15) is 0 Å². The second-order valence-electron chi connectivity index (χ2n) is 31.6. The van der Waals surface area contributed by atoms with Gasteiger partial charge in [0.2, 0.25) is 0 Å². The summed E-state index contributed by atoms with van der Waals surface area (Å²) in [6.45, 7) is 0. The van der Waals surface area contributed by atoms with Crippen molar-refractivity contribution < 1.29 is 182 Å². The number of hydrogen-bond acceptors (Lipinski definition) is 36. The van der Waals surface area contributed by atoms with Gasteiger partial charge in [-0.25, -0.2) is 0 Å². The smallest absolute Gasteiger partial charge is 0.157 e. The summed E-state index contributed by atoms with van der Waals surface area (Å²) >= 11 is 0. The van der Waals surface area contributed by atoms with Crippen molar-refractivity contribution in [1.82, 2.24) is 0 Å². The molecule has 0 spiro atoms. The zero-order valence-corrected chi connectivity index (χ0v) is 64.3. The molecular weight excluding hydrogens is 1660 g/mol. The second kappa shape index (κ2) is 29.6. The lowest BCUT2D eigenvalue weighted by molar-refractivity contribution is -0.0110. The highest BCUT2D eigenvalue weighted by Crippen LogP contribution is 2.69. The lowest BCUT2D eigenvalue weighted by atomic mass is 9.70. The first-order chi connectivity index (χ1) is 59.9. The number of rotatable bonds is 11. The molecular formula is C90H74O36. The molecule has 0 amide bonds. The lowest BCUT2D eigenvalue weighted by Gasteiger charge is -2.45. The van der Waals surface area contributed by atoms with Gasteiger partial charge in [0.1, 0.15) is 140 Å². The predicted molar refractivity (Wildman–Crippen MR) is 426 cm³/mol. The number of phenolic OH excluding ortho intramolecular Hbond substituents is 24. The second-order valence-corrected chi connectivity index (χ2v) is 31.6. The van der Waals surface area contributed by atoms with Crippen LogP contribution in [0.3, 0.4) is 0 Å². The lowest BCUT2D eigenvalue weighted by Crippen LogP contribution is -2.40. The number of aliphatic hydroxyl groups excluding tert-OH is 6. The van der Waals surface area contributed by atoms with E-state index < -0.39 is 337 Å². The molecule has 0 radical (unpaired) electrons. The van der Waals surface area contributed by atoms with Crippen LogP contribution in [-0.4, -0.2) is 190 Å². The average molecular weight is 1730 g/mol. The van der Waals surface area contributed by atoms with Crippen LogP contribution in [0.25, 0.3) is 0 Å². The quantitative estimate of drug-likeness (QED) is 0.0538. The Morgan fingerprint density at radius 1 is 0.183 bits per heavy atom. The van der Waals surface area contributed by atoms with Crippen molar-refractivity contribution in [3.05, 3.63) is 246 Å². The molecule has 0 fully saturated rings. The van der Waals surface area contributed by atoms with E-state index in [4.69, 9.17) is 28.4 Å². The van der Waals surface area contributed by atoms with Crippen molar-refractivity contribution >= 4 is 0 Å². The van der Waals surface area contributed by atoms with Crippen LogP contribution in [0, 0.1) is 0 Å². The van der Waals surface area contributed by atoms with Crippen LogP contribution in [0.15, 0.2) is 152 Å². The number of aliphatic hydroxyl groups is 6. The molecule has 36 nitrogen and oxygen atoms in total. The third kappa shape index (κ3) is 12.6. The first-order valence-corrected chi connectivity index (χ1v) is 38.6. The van der Waals surface area contributed by atoms with Crippen molar-refractivity contribution in [2.45, 2.75) is 109 Å². The maximum absolute atomic E-state index is 13.7. The Kier molecular flexibility index (Phi) is 19.1. The van der Waals surface area contributed by atoms with E-state index in [2.05, 4.69) is 0 Å². The van der Waals surface area contributed by atoms with E-state index in [9.17, 15) is 153 Å². The van der Waals surface area contributed by atoms with E-state index in [0.717, 1.165) is 115 Å². The topological polar surface area (TPSA) is 662 Å². The summed E-state index contributed by atoms with van der Waals surface area (Å²) in [6.07, 6.45) is -25.3. The molecule has 0 saturated heterocycles. The first kappa shape index (κ1) is 81.4.